The lowest BCUT2D eigenvalue weighted by Crippen LogP contribution is -2.34. The Labute approximate surface area is 159 Å². The number of aromatic nitrogens is 2. The fraction of sp³-hybridized carbons (Fsp3) is 0.421. The summed E-state index contributed by atoms with van der Waals surface area (Å²) in [5.41, 5.74) is 0.892. The monoisotopic (exact) mass is 373 g/mol. The van der Waals surface area contributed by atoms with Crippen LogP contribution in [0.2, 0.25) is 0 Å². The highest BCUT2D eigenvalue weighted by atomic mass is 16.5. The summed E-state index contributed by atoms with van der Waals surface area (Å²) in [7, 11) is 6.73. The van der Waals surface area contributed by atoms with Gasteiger partial charge in [0.05, 0.1) is 18.7 Å². The maximum atomic E-state index is 12.5. The second-order valence-corrected chi connectivity index (χ2v) is 6.45. The van der Waals surface area contributed by atoms with Crippen molar-refractivity contribution in [2.75, 3.05) is 26.5 Å². The van der Waals surface area contributed by atoms with Crippen LogP contribution in [0.3, 0.4) is 0 Å². The van der Waals surface area contributed by atoms with Gasteiger partial charge in [0.1, 0.15) is 11.6 Å². The maximum absolute atomic E-state index is 12.5. The molecular weight excluding hydrogens is 346 g/mol. The SMILES string of the molecule is CCCC(NC(=O)Nc1ccc(OC)c(C(=O)N(C)C)c1)c1nccn1C. The second-order valence-electron chi connectivity index (χ2n) is 6.45. The van der Waals surface area contributed by atoms with Crippen LogP contribution in [0.25, 0.3) is 0 Å². The second kappa shape index (κ2) is 9.07. The third kappa shape index (κ3) is 4.99. The molecular formula is C19H27N5O3. The average Bonchev–Trinajstić information content (AvgIpc) is 3.06. The van der Waals surface area contributed by atoms with E-state index in [4.69, 9.17) is 4.74 Å². The van der Waals surface area contributed by atoms with Crippen LogP contribution in [0.4, 0.5) is 10.5 Å². The van der Waals surface area contributed by atoms with Gasteiger partial charge in [0.25, 0.3) is 5.91 Å². The van der Waals surface area contributed by atoms with E-state index in [9.17, 15) is 9.59 Å². The first-order valence-electron chi connectivity index (χ1n) is 8.81. The summed E-state index contributed by atoms with van der Waals surface area (Å²) in [6.45, 7) is 2.05. The summed E-state index contributed by atoms with van der Waals surface area (Å²) in [4.78, 5) is 30.6. The molecule has 0 fully saturated rings. The molecule has 1 unspecified atom stereocenters. The number of methoxy groups -OCH3 is 1. The van der Waals surface area contributed by atoms with E-state index in [0.29, 0.717) is 17.0 Å². The van der Waals surface area contributed by atoms with Gasteiger partial charge in [0.2, 0.25) is 0 Å². The molecule has 1 aromatic carbocycles. The molecule has 0 spiro atoms. The molecule has 1 aromatic heterocycles. The summed E-state index contributed by atoms with van der Waals surface area (Å²) in [5.74, 6) is 1.05. The molecule has 2 rings (SSSR count). The number of nitrogens with zero attached hydrogens (tertiary/aromatic N) is 3. The normalized spacial score (nSPS) is 11.6. The first-order chi connectivity index (χ1) is 12.9. The van der Waals surface area contributed by atoms with Crippen LogP contribution in [0.1, 0.15) is 42.0 Å². The summed E-state index contributed by atoms with van der Waals surface area (Å²) in [5, 5.41) is 5.73. The number of anilines is 1. The predicted octanol–water partition coefficient (Wildman–Crippen LogP) is 2.79. The highest BCUT2D eigenvalue weighted by Gasteiger charge is 2.19. The highest BCUT2D eigenvalue weighted by Crippen LogP contribution is 2.24. The molecule has 1 atom stereocenters. The van der Waals surface area contributed by atoms with Crippen molar-refractivity contribution in [1.29, 1.82) is 0 Å². The van der Waals surface area contributed by atoms with E-state index >= 15 is 0 Å². The van der Waals surface area contributed by atoms with Crippen LogP contribution in [-0.4, -0.2) is 47.6 Å². The van der Waals surface area contributed by atoms with Gasteiger partial charge in [-0.3, -0.25) is 4.79 Å². The lowest BCUT2D eigenvalue weighted by atomic mass is 10.1. The number of hydrogen-bond donors (Lipinski definition) is 2. The van der Waals surface area contributed by atoms with Gasteiger partial charge < -0.3 is 24.8 Å². The van der Waals surface area contributed by atoms with E-state index in [0.717, 1.165) is 18.7 Å². The number of rotatable bonds is 7. The fourth-order valence-corrected chi connectivity index (χ4v) is 2.79. The number of aryl methyl sites for hydroxylation is 1. The van der Waals surface area contributed by atoms with E-state index in [1.165, 1.54) is 12.0 Å². The number of ether oxygens (including phenoxy) is 1. The Hall–Kier alpha value is -3.03. The zero-order valence-electron chi connectivity index (χ0n) is 16.4. The van der Waals surface area contributed by atoms with Crippen LogP contribution >= 0.6 is 0 Å². The van der Waals surface area contributed by atoms with Crippen molar-refractivity contribution < 1.29 is 14.3 Å². The lowest BCUT2D eigenvalue weighted by molar-refractivity contribution is 0.0824. The molecule has 1 heterocycles. The van der Waals surface area contributed by atoms with E-state index in [1.807, 2.05) is 17.8 Å². The largest absolute Gasteiger partial charge is 0.496 e. The standard InChI is InChI=1S/C19H27N5O3/c1-6-7-15(17-20-10-11-24(17)4)22-19(26)21-13-8-9-16(27-5)14(12-13)18(25)23(2)3/h8-12,15H,6-7H2,1-5H3,(H2,21,22,26). The summed E-state index contributed by atoms with van der Waals surface area (Å²) >= 11 is 0. The Morgan fingerprint density at radius 1 is 1.33 bits per heavy atom. The first-order valence-corrected chi connectivity index (χ1v) is 8.81. The van der Waals surface area contributed by atoms with Gasteiger partial charge in [-0.25, -0.2) is 9.78 Å². The number of amides is 3. The Kier molecular flexibility index (Phi) is 6.81. The Morgan fingerprint density at radius 3 is 2.63 bits per heavy atom. The van der Waals surface area contributed by atoms with Gasteiger partial charge in [-0.1, -0.05) is 13.3 Å². The van der Waals surface area contributed by atoms with Crippen LogP contribution in [0.5, 0.6) is 5.75 Å². The molecule has 0 saturated heterocycles. The zero-order chi connectivity index (χ0) is 20.0. The van der Waals surface area contributed by atoms with Crippen LogP contribution in [0, 0.1) is 0 Å². The molecule has 0 aliphatic rings. The highest BCUT2D eigenvalue weighted by molar-refractivity contribution is 5.99. The molecule has 8 nitrogen and oxygen atoms in total. The summed E-state index contributed by atoms with van der Waals surface area (Å²) < 4.78 is 7.14. The molecule has 0 radical (unpaired) electrons. The van der Waals surface area contributed by atoms with Gasteiger partial charge in [-0.15, -0.1) is 0 Å². The van der Waals surface area contributed by atoms with E-state index in [-0.39, 0.29) is 18.0 Å². The molecule has 27 heavy (non-hydrogen) atoms. The van der Waals surface area contributed by atoms with Gasteiger partial charge in [0, 0.05) is 39.2 Å². The molecule has 2 N–H and O–H groups in total. The number of benzene rings is 1. The summed E-state index contributed by atoms with van der Waals surface area (Å²) in [6.07, 6.45) is 5.23. The quantitative estimate of drug-likeness (QED) is 0.781. The minimum absolute atomic E-state index is 0.198. The Balaban J connectivity index is 2.16. The van der Waals surface area contributed by atoms with Crippen molar-refractivity contribution in [1.82, 2.24) is 19.8 Å². The van der Waals surface area contributed by atoms with Crippen LogP contribution in [0.15, 0.2) is 30.6 Å². The average molecular weight is 373 g/mol. The molecule has 3 amide bonds. The summed E-state index contributed by atoms with van der Waals surface area (Å²) in [6, 6.07) is 4.41. The van der Waals surface area contributed by atoms with E-state index in [2.05, 4.69) is 22.5 Å². The van der Waals surface area contributed by atoms with Crippen molar-refractivity contribution in [2.24, 2.45) is 7.05 Å². The van der Waals surface area contributed by atoms with Crippen molar-refractivity contribution in [3.05, 3.63) is 42.0 Å². The molecule has 8 heteroatoms. The molecule has 0 bridgehead atoms. The van der Waals surface area contributed by atoms with E-state index < -0.39 is 0 Å². The first kappa shape index (κ1) is 20.3. The van der Waals surface area contributed by atoms with Gasteiger partial charge in [-0.2, -0.15) is 0 Å². The van der Waals surface area contributed by atoms with Crippen molar-refractivity contribution in [3.8, 4) is 5.75 Å². The number of urea groups is 1. The van der Waals surface area contributed by atoms with Crippen LogP contribution in [-0.2, 0) is 7.05 Å². The molecule has 0 aliphatic heterocycles. The zero-order valence-corrected chi connectivity index (χ0v) is 16.4. The molecule has 0 aliphatic carbocycles. The third-order valence-corrected chi connectivity index (χ3v) is 4.15. The predicted molar refractivity (Wildman–Crippen MR) is 104 cm³/mol. The molecule has 146 valence electrons. The number of hydrogen-bond acceptors (Lipinski definition) is 4. The van der Waals surface area contributed by atoms with Gasteiger partial charge in [-0.05, 0) is 24.6 Å². The minimum Gasteiger partial charge on any atom is -0.496 e. The van der Waals surface area contributed by atoms with Crippen molar-refractivity contribution in [3.63, 3.8) is 0 Å². The minimum atomic E-state index is -0.357. The Bertz CT molecular complexity index is 800. The molecule has 0 saturated carbocycles. The molecule has 2 aromatic rings. The third-order valence-electron chi connectivity index (χ3n) is 4.15. The van der Waals surface area contributed by atoms with Crippen molar-refractivity contribution >= 4 is 17.6 Å². The number of carbonyl (C=O) groups is 2. The topological polar surface area (TPSA) is 88.5 Å². The fourth-order valence-electron chi connectivity index (χ4n) is 2.79. The van der Waals surface area contributed by atoms with Crippen molar-refractivity contribution in [2.45, 2.75) is 25.8 Å². The van der Waals surface area contributed by atoms with E-state index in [1.54, 1.807) is 38.5 Å². The number of imidazole rings is 1. The van der Waals surface area contributed by atoms with Crippen LogP contribution < -0.4 is 15.4 Å². The number of nitrogens with one attached hydrogen (secondary N) is 2. The smallest absolute Gasteiger partial charge is 0.319 e. The van der Waals surface area contributed by atoms with Gasteiger partial charge in [0.15, 0.2) is 0 Å². The van der Waals surface area contributed by atoms with Gasteiger partial charge >= 0.3 is 6.03 Å². The lowest BCUT2D eigenvalue weighted by Gasteiger charge is -2.19. The number of carbonyl (C=O) groups excluding carboxylic acids is 2. The Morgan fingerprint density at radius 2 is 2.07 bits per heavy atom. The maximum Gasteiger partial charge on any atom is 0.319 e.